The molecule has 0 amide bonds. The van der Waals surface area contributed by atoms with E-state index in [0.29, 0.717) is 0 Å². The molecule has 0 saturated heterocycles. The quantitative estimate of drug-likeness (QED) is 0.619. The molecule has 0 aliphatic heterocycles. The number of rotatable bonds is 4. The first kappa shape index (κ1) is 8.96. The van der Waals surface area contributed by atoms with E-state index in [9.17, 15) is 0 Å². The molecule has 0 atom stereocenters. The SMILES string of the molecule is CCCC(C)(N)CCC. The van der Waals surface area contributed by atoms with Crippen LogP contribution < -0.4 is 5.73 Å². The molecule has 1 heteroatoms. The zero-order valence-electron chi connectivity index (χ0n) is 6.91. The minimum absolute atomic E-state index is 0.101. The van der Waals surface area contributed by atoms with Crippen LogP contribution in [0.3, 0.4) is 0 Å². The van der Waals surface area contributed by atoms with Crippen molar-refractivity contribution in [2.45, 2.75) is 52.0 Å². The van der Waals surface area contributed by atoms with E-state index in [0.717, 1.165) is 12.8 Å². The third-order valence-corrected chi connectivity index (χ3v) is 1.64. The summed E-state index contributed by atoms with van der Waals surface area (Å²) in [4.78, 5) is 0. The van der Waals surface area contributed by atoms with E-state index in [1.54, 1.807) is 0 Å². The largest absolute Gasteiger partial charge is 0.325 e. The van der Waals surface area contributed by atoms with Gasteiger partial charge in [0.25, 0.3) is 0 Å². The fourth-order valence-electron chi connectivity index (χ4n) is 1.27. The van der Waals surface area contributed by atoms with Gasteiger partial charge in [0, 0.05) is 5.54 Å². The van der Waals surface area contributed by atoms with Crippen LogP contribution in [0.2, 0.25) is 0 Å². The summed E-state index contributed by atoms with van der Waals surface area (Å²) in [7, 11) is 0. The van der Waals surface area contributed by atoms with Crippen LogP contribution in [-0.2, 0) is 0 Å². The van der Waals surface area contributed by atoms with E-state index in [1.807, 2.05) is 0 Å². The number of nitrogens with two attached hydrogens (primary N) is 1. The second kappa shape index (κ2) is 3.89. The summed E-state index contributed by atoms with van der Waals surface area (Å²) in [5, 5.41) is 0. The third-order valence-electron chi connectivity index (χ3n) is 1.64. The Morgan fingerprint density at radius 3 is 1.67 bits per heavy atom. The standard InChI is InChI=1S/C8H19N/c1-4-6-8(3,9)7-5-2/h4-7,9H2,1-3H3. The van der Waals surface area contributed by atoms with Crippen molar-refractivity contribution in [2.75, 3.05) is 0 Å². The lowest BCUT2D eigenvalue weighted by molar-refractivity contribution is 0.393. The normalized spacial score (nSPS) is 12.0. The first-order valence-corrected chi connectivity index (χ1v) is 3.91. The van der Waals surface area contributed by atoms with Gasteiger partial charge in [0.05, 0.1) is 0 Å². The summed E-state index contributed by atoms with van der Waals surface area (Å²) < 4.78 is 0. The Labute approximate surface area is 58.6 Å². The molecule has 0 aliphatic carbocycles. The first-order chi connectivity index (χ1) is 4.12. The lowest BCUT2D eigenvalue weighted by Crippen LogP contribution is -2.35. The van der Waals surface area contributed by atoms with Crippen LogP contribution in [-0.4, -0.2) is 5.54 Å². The van der Waals surface area contributed by atoms with E-state index in [1.165, 1.54) is 12.8 Å². The molecule has 0 heterocycles. The van der Waals surface area contributed by atoms with Gasteiger partial charge in [-0.25, -0.2) is 0 Å². The third kappa shape index (κ3) is 4.46. The molecule has 0 rings (SSSR count). The van der Waals surface area contributed by atoms with E-state index >= 15 is 0 Å². The second-order valence-corrected chi connectivity index (χ2v) is 3.15. The second-order valence-electron chi connectivity index (χ2n) is 3.15. The van der Waals surface area contributed by atoms with Crippen LogP contribution in [0.15, 0.2) is 0 Å². The van der Waals surface area contributed by atoms with Crippen LogP contribution in [0.4, 0.5) is 0 Å². The van der Waals surface area contributed by atoms with E-state index in [-0.39, 0.29) is 5.54 Å². The molecule has 0 bridgehead atoms. The van der Waals surface area contributed by atoms with E-state index < -0.39 is 0 Å². The van der Waals surface area contributed by atoms with Crippen molar-refractivity contribution in [1.82, 2.24) is 0 Å². The molecule has 0 spiro atoms. The zero-order chi connectivity index (χ0) is 7.33. The Balaban J connectivity index is 3.43. The lowest BCUT2D eigenvalue weighted by Gasteiger charge is -2.22. The topological polar surface area (TPSA) is 26.0 Å². The van der Waals surface area contributed by atoms with Gasteiger partial charge in [-0.3, -0.25) is 0 Å². The molecule has 0 aromatic rings. The van der Waals surface area contributed by atoms with Gasteiger partial charge in [-0.1, -0.05) is 26.7 Å². The average molecular weight is 129 g/mol. The molecule has 0 unspecified atom stereocenters. The molecule has 0 aromatic carbocycles. The maximum atomic E-state index is 5.94. The summed E-state index contributed by atoms with van der Waals surface area (Å²) in [6.45, 7) is 6.50. The van der Waals surface area contributed by atoms with Crippen molar-refractivity contribution in [3.8, 4) is 0 Å². The monoisotopic (exact) mass is 129 g/mol. The Hall–Kier alpha value is -0.0400. The van der Waals surface area contributed by atoms with Gasteiger partial charge in [-0.2, -0.15) is 0 Å². The molecule has 0 aromatic heterocycles. The van der Waals surface area contributed by atoms with Gasteiger partial charge >= 0.3 is 0 Å². The van der Waals surface area contributed by atoms with Crippen molar-refractivity contribution in [3.63, 3.8) is 0 Å². The van der Waals surface area contributed by atoms with E-state index in [2.05, 4.69) is 20.8 Å². The van der Waals surface area contributed by atoms with Crippen molar-refractivity contribution in [3.05, 3.63) is 0 Å². The van der Waals surface area contributed by atoms with Gasteiger partial charge in [0.1, 0.15) is 0 Å². The molecular weight excluding hydrogens is 110 g/mol. The van der Waals surface area contributed by atoms with Gasteiger partial charge in [0.15, 0.2) is 0 Å². The molecule has 2 N–H and O–H groups in total. The minimum Gasteiger partial charge on any atom is -0.325 e. The summed E-state index contributed by atoms with van der Waals surface area (Å²) in [6.07, 6.45) is 4.71. The summed E-state index contributed by atoms with van der Waals surface area (Å²) in [5.74, 6) is 0. The highest BCUT2D eigenvalue weighted by atomic mass is 14.7. The smallest absolute Gasteiger partial charge is 0.0125 e. The number of hydrogen-bond donors (Lipinski definition) is 1. The van der Waals surface area contributed by atoms with Crippen molar-refractivity contribution in [2.24, 2.45) is 5.73 Å². The van der Waals surface area contributed by atoms with Crippen molar-refractivity contribution >= 4 is 0 Å². The predicted octanol–water partition coefficient (Wildman–Crippen LogP) is 2.30. The maximum absolute atomic E-state index is 5.94. The van der Waals surface area contributed by atoms with Crippen LogP contribution in [0.1, 0.15) is 46.5 Å². The fraction of sp³-hybridized carbons (Fsp3) is 1.00. The maximum Gasteiger partial charge on any atom is 0.0125 e. The molecular formula is C8H19N. The van der Waals surface area contributed by atoms with Gasteiger partial charge in [-0.05, 0) is 19.8 Å². The number of hydrogen-bond acceptors (Lipinski definition) is 1. The summed E-state index contributed by atoms with van der Waals surface area (Å²) in [6, 6.07) is 0. The Morgan fingerprint density at radius 2 is 1.44 bits per heavy atom. The van der Waals surface area contributed by atoms with Crippen molar-refractivity contribution in [1.29, 1.82) is 0 Å². The van der Waals surface area contributed by atoms with Crippen molar-refractivity contribution < 1.29 is 0 Å². The average Bonchev–Trinajstić information content (AvgIpc) is 1.64. The first-order valence-electron chi connectivity index (χ1n) is 3.91. The fourth-order valence-corrected chi connectivity index (χ4v) is 1.27. The van der Waals surface area contributed by atoms with Gasteiger partial charge in [0.2, 0.25) is 0 Å². The lowest BCUT2D eigenvalue weighted by atomic mass is 9.92. The van der Waals surface area contributed by atoms with Gasteiger partial charge < -0.3 is 5.73 Å². The van der Waals surface area contributed by atoms with Crippen LogP contribution >= 0.6 is 0 Å². The highest BCUT2D eigenvalue weighted by Gasteiger charge is 2.14. The van der Waals surface area contributed by atoms with Crippen LogP contribution in [0.25, 0.3) is 0 Å². The molecule has 9 heavy (non-hydrogen) atoms. The molecule has 1 nitrogen and oxygen atoms in total. The zero-order valence-corrected chi connectivity index (χ0v) is 6.91. The summed E-state index contributed by atoms with van der Waals surface area (Å²) in [5.41, 5.74) is 6.04. The molecule has 0 aliphatic rings. The molecule has 0 fully saturated rings. The van der Waals surface area contributed by atoms with Crippen LogP contribution in [0.5, 0.6) is 0 Å². The van der Waals surface area contributed by atoms with Gasteiger partial charge in [-0.15, -0.1) is 0 Å². The molecule has 56 valence electrons. The summed E-state index contributed by atoms with van der Waals surface area (Å²) >= 11 is 0. The minimum atomic E-state index is 0.101. The highest BCUT2D eigenvalue weighted by Crippen LogP contribution is 2.14. The Morgan fingerprint density at radius 1 is 1.11 bits per heavy atom. The highest BCUT2D eigenvalue weighted by molar-refractivity contribution is 4.76. The van der Waals surface area contributed by atoms with E-state index in [4.69, 9.17) is 5.73 Å². The Kier molecular flexibility index (Phi) is 3.87. The Bertz CT molecular complexity index is 59.0. The predicted molar refractivity (Wildman–Crippen MR) is 42.4 cm³/mol. The molecule has 0 saturated carbocycles. The van der Waals surface area contributed by atoms with Crippen LogP contribution in [0, 0.1) is 0 Å². The molecule has 0 radical (unpaired) electrons.